The highest BCUT2D eigenvalue weighted by molar-refractivity contribution is 6.19. The van der Waals surface area contributed by atoms with Gasteiger partial charge < -0.3 is 22.1 Å². The Kier molecular flexibility index (Phi) is 7.25. The molecule has 0 spiro atoms. The zero-order chi connectivity index (χ0) is 24.9. The Morgan fingerprint density at radius 1 is 1.06 bits per heavy atom. The first-order valence-corrected chi connectivity index (χ1v) is 10.6. The second-order valence-electron chi connectivity index (χ2n) is 8.73. The van der Waals surface area contributed by atoms with Crippen LogP contribution in [-0.2, 0) is 0 Å². The van der Waals surface area contributed by atoms with Gasteiger partial charge in [0.2, 0.25) is 5.95 Å². The minimum absolute atomic E-state index is 0.0573. The van der Waals surface area contributed by atoms with Gasteiger partial charge in [-0.05, 0) is 69.7 Å². The third-order valence-corrected chi connectivity index (χ3v) is 4.60. The summed E-state index contributed by atoms with van der Waals surface area (Å²) in [4.78, 5) is 25.0. The van der Waals surface area contributed by atoms with Crippen LogP contribution in [0.1, 0.15) is 37.6 Å². The molecule has 34 heavy (non-hydrogen) atoms. The third-order valence-electron chi connectivity index (χ3n) is 4.60. The molecule has 0 aliphatic rings. The normalized spacial score (nSPS) is 12.4. The van der Waals surface area contributed by atoms with Crippen LogP contribution in [0.15, 0.2) is 59.7 Å². The van der Waals surface area contributed by atoms with E-state index >= 15 is 0 Å². The summed E-state index contributed by atoms with van der Waals surface area (Å²) in [5, 5.41) is 5.38. The highest BCUT2D eigenvalue weighted by Gasteiger charge is 2.14. The molecule has 0 atom stereocenters. The molecule has 0 fully saturated rings. The number of aryl methyl sites for hydroxylation is 1. The quantitative estimate of drug-likeness (QED) is 0.404. The number of allylic oxidation sites excluding steroid dienone is 1. The number of aromatic nitrogens is 2. The monoisotopic (exact) mass is 461 g/mol. The summed E-state index contributed by atoms with van der Waals surface area (Å²) in [5.41, 5.74) is 15.1. The van der Waals surface area contributed by atoms with Gasteiger partial charge in [0.1, 0.15) is 5.82 Å². The average molecular weight is 462 g/mol. The van der Waals surface area contributed by atoms with Crippen molar-refractivity contribution in [3.05, 3.63) is 77.4 Å². The largest absolute Gasteiger partial charge is 0.396 e. The Bertz CT molecular complexity index is 1240. The van der Waals surface area contributed by atoms with Crippen molar-refractivity contribution in [3.63, 3.8) is 0 Å². The van der Waals surface area contributed by atoms with Crippen molar-refractivity contribution in [1.29, 1.82) is 0 Å². The fourth-order valence-corrected chi connectivity index (χ4v) is 2.97. The molecule has 2 aromatic carbocycles. The summed E-state index contributed by atoms with van der Waals surface area (Å²) in [6, 6.07) is 12.6. The molecule has 8 nitrogen and oxygen atoms in total. The number of rotatable bonds is 5. The van der Waals surface area contributed by atoms with Gasteiger partial charge in [-0.1, -0.05) is 17.7 Å². The Morgan fingerprint density at radius 3 is 2.38 bits per heavy atom. The van der Waals surface area contributed by atoms with Gasteiger partial charge in [0, 0.05) is 29.4 Å². The number of hydrogen-bond acceptors (Lipinski definition) is 6. The molecule has 6 N–H and O–H groups in total. The highest BCUT2D eigenvalue weighted by Crippen LogP contribution is 2.26. The Balaban J connectivity index is 1.98. The summed E-state index contributed by atoms with van der Waals surface area (Å²) < 4.78 is 14.6. The summed E-state index contributed by atoms with van der Waals surface area (Å²) in [5.74, 6) is -0.498. The van der Waals surface area contributed by atoms with E-state index in [1.54, 1.807) is 30.5 Å². The maximum Gasteiger partial charge on any atom is 0.323 e. The number of nitrogen functional groups attached to an aromatic ring is 1. The van der Waals surface area contributed by atoms with Crippen molar-refractivity contribution in [2.24, 2.45) is 10.7 Å². The molecule has 176 valence electrons. The van der Waals surface area contributed by atoms with E-state index in [0.717, 1.165) is 5.56 Å². The van der Waals surface area contributed by atoms with E-state index in [-0.39, 0.29) is 17.3 Å². The van der Waals surface area contributed by atoms with Gasteiger partial charge in [-0.15, -0.1) is 0 Å². The van der Waals surface area contributed by atoms with Crippen LogP contribution in [0.5, 0.6) is 0 Å². The lowest BCUT2D eigenvalue weighted by molar-refractivity contribution is 0.262. The van der Waals surface area contributed by atoms with Crippen LogP contribution >= 0.6 is 0 Å². The van der Waals surface area contributed by atoms with Crippen molar-refractivity contribution >= 4 is 40.8 Å². The smallest absolute Gasteiger partial charge is 0.323 e. The minimum atomic E-state index is -0.556. The van der Waals surface area contributed by atoms with Crippen molar-refractivity contribution < 1.29 is 9.18 Å². The summed E-state index contributed by atoms with van der Waals surface area (Å²) in [6.45, 7) is 7.73. The third kappa shape index (κ3) is 6.86. The van der Waals surface area contributed by atoms with Crippen LogP contribution in [0.2, 0.25) is 0 Å². The first-order valence-electron chi connectivity index (χ1n) is 10.6. The number of hydrogen-bond donors (Lipinski definition) is 4. The number of halogens is 1. The van der Waals surface area contributed by atoms with Crippen molar-refractivity contribution in [2.45, 2.75) is 33.2 Å². The molecule has 3 rings (SSSR count). The predicted molar refractivity (Wildman–Crippen MR) is 136 cm³/mol. The first kappa shape index (κ1) is 24.4. The van der Waals surface area contributed by atoms with Gasteiger partial charge >= 0.3 is 6.03 Å². The molecule has 1 aromatic heterocycles. The van der Waals surface area contributed by atoms with E-state index in [1.807, 2.05) is 39.8 Å². The van der Waals surface area contributed by atoms with Crippen LogP contribution in [0, 0.1) is 12.7 Å². The second-order valence-corrected chi connectivity index (χ2v) is 8.73. The minimum Gasteiger partial charge on any atom is -0.396 e. The van der Waals surface area contributed by atoms with Crippen LogP contribution < -0.4 is 22.1 Å². The number of anilines is 3. The Labute approximate surface area is 198 Å². The molecular weight excluding hydrogens is 433 g/mol. The zero-order valence-corrected chi connectivity index (χ0v) is 19.6. The van der Waals surface area contributed by atoms with E-state index in [1.165, 1.54) is 18.3 Å². The van der Waals surface area contributed by atoms with Gasteiger partial charge in [0.15, 0.2) is 0 Å². The molecule has 0 aliphatic heterocycles. The topological polar surface area (TPSA) is 131 Å². The van der Waals surface area contributed by atoms with Gasteiger partial charge in [-0.2, -0.15) is 0 Å². The van der Waals surface area contributed by atoms with Gasteiger partial charge in [0.25, 0.3) is 0 Å². The maximum atomic E-state index is 14.6. The first-order chi connectivity index (χ1) is 16.0. The van der Waals surface area contributed by atoms with E-state index in [0.29, 0.717) is 22.5 Å². The van der Waals surface area contributed by atoms with Gasteiger partial charge in [-0.3, -0.25) is 4.99 Å². The van der Waals surface area contributed by atoms with Crippen molar-refractivity contribution in [2.75, 3.05) is 16.4 Å². The average Bonchev–Trinajstić information content (AvgIpc) is 2.74. The van der Waals surface area contributed by atoms with Crippen molar-refractivity contribution in [1.82, 2.24) is 9.97 Å². The van der Waals surface area contributed by atoms with E-state index in [2.05, 4.69) is 25.6 Å². The Hall–Kier alpha value is -4.27. The number of benzene rings is 2. The SMILES string of the molecule is Cc1ccc(NC(=O)Nc2cc(F)cc(C(C=NC(C)(C)C)=C(N)c3ccnc(N)n3)c2)cc1. The molecule has 0 unspecified atom stereocenters. The summed E-state index contributed by atoms with van der Waals surface area (Å²) >= 11 is 0. The lowest BCUT2D eigenvalue weighted by atomic mass is 10.0. The molecule has 0 radical (unpaired) electrons. The number of nitrogens with zero attached hydrogens (tertiary/aromatic N) is 3. The molecule has 0 saturated carbocycles. The number of nitrogens with two attached hydrogens (primary N) is 2. The Morgan fingerprint density at radius 2 is 1.74 bits per heavy atom. The molecular formula is C25H28FN7O. The lowest BCUT2D eigenvalue weighted by Crippen LogP contribution is -2.19. The van der Waals surface area contributed by atoms with E-state index in [9.17, 15) is 9.18 Å². The molecule has 0 aliphatic carbocycles. The molecule has 3 aromatic rings. The number of amides is 2. The highest BCUT2D eigenvalue weighted by atomic mass is 19.1. The number of urea groups is 1. The number of carbonyl (C=O) groups excluding carboxylic acids is 1. The summed E-state index contributed by atoms with van der Waals surface area (Å²) in [7, 11) is 0. The maximum absolute atomic E-state index is 14.6. The van der Waals surface area contributed by atoms with Crippen LogP contribution in [-0.4, -0.2) is 27.8 Å². The fraction of sp³-hybridized carbons (Fsp3) is 0.200. The lowest BCUT2D eigenvalue weighted by Gasteiger charge is -2.15. The molecule has 0 saturated heterocycles. The fourth-order valence-electron chi connectivity index (χ4n) is 2.97. The summed E-state index contributed by atoms with van der Waals surface area (Å²) in [6.07, 6.45) is 3.05. The molecule has 9 heteroatoms. The molecule has 0 bridgehead atoms. The van der Waals surface area contributed by atoms with E-state index in [4.69, 9.17) is 11.5 Å². The predicted octanol–water partition coefficient (Wildman–Crippen LogP) is 4.85. The van der Waals surface area contributed by atoms with Crippen LogP contribution in [0.3, 0.4) is 0 Å². The number of nitrogens with one attached hydrogen (secondary N) is 2. The van der Waals surface area contributed by atoms with Gasteiger partial charge in [-0.25, -0.2) is 19.2 Å². The second kappa shape index (κ2) is 10.1. The molecule has 2 amide bonds. The van der Waals surface area contributed by atoms with Crippen LogP contribution in [0.25, 0.3) is 11.3 Å². The molecule has 1 heterocycles. The van der Waals surface area contributed by atoms with E-state index < -0.39 is 17.4 Å². The standard InChI is InChI=1S/C25H28FN7O/c1-15-5-7-18(8-6-15)31-24(34)32-19-12-16(11-17(26)13-19)20(14-30-25(2,3)4)22(27)21-9-10-29-23(28)33-21/h5-14H,27H2,1-4H3,(H2,28,29,33)(H2,31,32,34). The number of carbonyl (C=O) groups is 1. The van der Waals surface area contributed by atoms with Gasteiger partial charge in [0.05, 0.1) is 16.9 Å². The van der Waals surface area contributed by atoms with Crippen molar-refractivity contribution in [3.8, 4) is 0 Å². The zero-order valence-electron chi connectivity index (χ0n) is 19.6. The number of aliphatic imine (C=N–C) groups is 1. The van der Waals surface area contributed by atoms with Crippen LogP contribution in [0.4, 0.5) is 26.5 Å².